The molecule has 5 nitrogen and oxygen atoms in total. The highest BCUT2D eigenvalue weighted by molar-refractivity contribution is 6.31. The zero-order chi connectivity index (χ0) is 13.8. The minimum Gasteiger partial charge on any atom is -0.386 e. The van der Waals surface area contributed by atoms with Gasteiger partial charge in [0.05, 0.1) is 23.5 Å². The Balaban J connectivity index is 2.10. The number of aliphatic hydroxyl groups excluding tert-OH is 1. The lowest BCUT2D eigenvalue weighted by atomic mass is 9.92. The quantitative estimate of drug-likeness (QED) is 0.893. The van der Waals surface area contributed by atoms with Crippen LogP contribution in [0.3, 0.4) is 0 Å². The van der Waals surface area contributed by atoms with E-state index < -0.39 is 6.10 Å². The molecule has 1 aromatic rings. The molecule has 1 atom stereocenters. The molecule has 108 valence electrons. The fourth-order valence-corrected chi connectivity index (χ4v) is 2.65. The average Bonchev–Trinajstić information content (AvgIpc) is 2.78. The predicted molar refractivity (Wildman–Crippen MR) is 74.3 cm³/mol. The summed E-state index contributed by atoms with van der Waals surface area (Å²) in [6.07, 6.45) is 2.81. The standard InChI is InChI=1S/C13H22ClN3O2/c1-16(2)5-6-17-12(11(14)9-15-17)13(18)10-3-7-19-8-4-10/h9-10,13,18H,3-8H2,1-2H3. The van der Waals surface area contributed by atoms with Gasteiger partial charge < -0.3 is 14.7 Å². The molecular formula is C13H22ClN3O2. The van der Waals surface area contributed by atoms with Crippen molar-refractivity contribution in [2.45, 2.75) is 25.5 Å². The third kappa shape index (κ3) is 3.69. The first-order chi connectivity index (χ1) is 9.09. The summed E-state index contributed by atoms with van der Waals surface area (Å²) in [5.74, 6) is 0.209. The Morgan fingerprint density at radius 1 is 1.53 bits per heavy atom. The van der Waals surface area contributed by atoms with Gasteiger partial charge in [-0.3, -0.25) is 4.68 Å². The van der Waals surface area contributed by atoms with Crippen molar-refractivity contribution in [1.82, 2.24) is 14.7 Å². The van der Waals surface area contributed by atoms with Gasteiger partial charge in [0, 0.05) is 19.8 Å². The van der Waals surface area contributed by atoms with E-state index in [2.05, 4.69) is 10.00 Å². The fraction of sp³-hybridized carbons (Fsp3) is 0.769. The minimum absolute atomic E-state index is 0.209. The van der Waals surface area contributed by atoms with E-state index >= 15 is 0 Å². The summed E-state index contributed by atoms with van der Waals surface area (Å²) < 4.78 is 7.16. The Morgan fingerprint density at radius 2 is 2.21 bits per heavy atom. The van der Waals surface area contributed by atoms with E-state index in [0.29, 0.717) is 18.2 Å². The molecule has 1 unspecified atom stereocenters. The molecule has 2 heterocycles. The number of aromatic nitrogens is 2. The molecule has 1 aliphatic rings. The molecule has 0 aromatic carbocycles. The summed E-state index contributed by atoms with van der Waals surface area (Å²) >= 11 is 6.19. The third-order valence-corrected chi connectivity index (χ3v) is 3.88. The van der Waals surface area contributed by atoms with Gasteiger partial charge in [-0.05, 0) is 32.9 Å². The van der Waals surface area contributed by atoms with E-state index in [-0.39, 0.29) is 5.92 Å². The third-order valence-electron chi connectivity index (χ3n) is 3.58. The summed E-state index contributed by atoms with van der Waals surface area (Å²) in [4.78, 5) is 2.08. The monoisotopic (exact) mass is 287 g/mol. The van der Waals surface area contributed by atoms with Gasteiger partial charge in [-0.25, -0.2) is 0 Å². The summed E-state index contributed by atoms with van der Waals surface area (Å²) in [6, 6.07) is 0. The van der Waals surface area contributed by atoms with Crippen molar-refractivity contribution >= 4 is 11.6 Å². The van der Waals surface area contributed by atoms with Crippen molar-refractivity contribution in [3.05, 3.63) is 16.9 Å². The van der Waals surface area contributed by atoms with Crippen LogP contribution in [0.5, 0.6) is 0 Å². The predicted octanol–water partition coefficient (Wildman–Crippen LogP) is 1.56. The van der Waals surface area contributed by atoms with Gasteiger partial charge >= 0.3 is 0 Å². The molecule has 1 aliphatic heterocycles. The molecule has 1 N–H and O–H groups in total. The Hall–Kier alpha value is -0.620. The normalized spacial score (nSPS) is 19.0. The van der Waals surface area contributed by atoms with Gasteiger partial charge in [0.1, 0.15) is 6.10 Å². The summed E-state index contributed by atoms with van der Waals surface area (Å²) in [5.41, 5.74) is 0.746. The highest BCUT2D eigenvalue weighted by Crippen LogP contribution is 2.33. The van der Waals surface area contributed by atoms with Crippen LogP contribution in [0.4, 0.5) is 0 Å². The maximum atomic E-state index is 10.5. The van der Waals surface area contributed by atoms with E-state index in [0.717, 1.165) is 31.6 Å². The van der Waals surface area contributed by atoms with Crippen molar-refractivity contribution in [3.63, 3.8) is 0 Å². The van der Waals surface area contributed by atoms with E-state index in [4.69, 9.17) is 16.3 Å². The number of halogens is 1. The van der Waals surface area contributed by atoms with Gasteiger partial charge in [-0.2, -0.15) is 5.10 Å². The largest absolute Gasteiger partial charge is 0.386 e. The molecule has 19 heavy (non-hydrogen) atoms. The molecule has 1 saturated heterocycles. The van der Waals surface area contributed by atoms with Crippen LogP contribution in [0.1, 0.15) is 24.6 Å². The van der Waals surface area contributed by atoms with Crippen LogP contribution in [0, 0.1) is 5.92 Å². The second-order valence-electron chi connectivity index (χ2n) is 5.30. The first-order valence-electron chi connectivity index (χ1n) is 6.71. The van der Waals surface area contributed by atoms with E-state index in [9.17, 15) is 5.11 Å². The number of rotatable bonds is 5. The average molecular weight is 288 g/mol. The first-order valence-corrected chi connectivity index (χ1v) is 7.09. The van der Waals surface area contributed by atoms with Crippen molar-refractivity contribution < 1.29 is 9.84 Å². The van der Waals surface area contributed by atoms with Crippen LogP contribution in [0.15, 0.2) is 6.20 Å². The zero-order valence-corrected chi connectivity index (χ0v) is 12.3. The number of hydrogen-bond acceptors (Lipinski definition) is 4. The number of hydrogen-bond donors (Lipinski definition) is 1. The van der Waals surface area contributed by atoms with E-state index in [1.807, 2.05) is 18.8 Å². The molecule has 0 bridgehead atoms. The number of aliphatic hydroxyl groups is 1. The lowest BCUT2D eigenvalue weighted by molar-refractivity contribution is 0.00374. The summed E-state index contributed by atoms with van der Waals surface area (Å²) in [5, 5.41) is 15.4. The molecule has 0 spiro atoms. The van der Waals surface area contributed by atoms with Crippen LogP contribution in [0.2, 0.25) is 5.02 Å². The van der Waals surface area contributed by atoms with Gasteiger partial charge in [-0.15, -0.1) is 0 Å². The number of likely N-dealkylation sites (N-methyl/N-ethyl adjacent to an activating group) is 1. The summed E-state index contributed by atoms with van der Waals surface area (Å²) in [6.45, 7) is 3.03. The second-order valence-corrected chi connectivity index (χ2v) is 5.71. The molecular weight excluding hydrogens is 266 g/mol. The van der Waals surface area contributed by atoms with Crippen molar-refractivity contribution in [2.75, 3.05) is 33.9 Å². The van der Waals surface area contributed by atoms with E-state index in [1.165, 1.54) is 0 Å². The van der Waals surface area contributed by atoms with Crippen molar-refractivity contribution in [1.29, 1.82) is 0 Å². The van der Waals surface area contributed by atoms with Gasteiger partial charge in [0.2, 0.25) is 0 Å². The molecule has 0 radical (unpaired) electrons. The molecule has 1 fully saturated rings. The molecule has 1 aromatic heterocycles. The smallest absolute Gasteiger partial charge is 0.100 e. The Kier molecular flexibility index (Phi) is 5.21. The van der Waals surface area contributed by atoms with Gasteiger partial charge in [0.15, 0.2) is 0 Å². The minimum atomic E-state index is -0.555. The molecule has 0 amide bonds. The molecule has 0 saturated carbocycles. The topological polar surface area (TPSA) is 50.5 Å². The summed E-state index contributed by atoms with van der Waals surface area (Å²) in [7, 11) is 4.03. The van der Waals surface area contributed by atoms with E-state index in [1.54, 1.807) is 6.20 Å². The molecule has 2 rings (SSSR count). The second kappa shape index (κ2) is 6.70. The SMILES string of the molecule is CN(C)CCn1ncc(Cl)c1C(O)C1CCOCC1. The highest BCUT2D eigenvalue weighted by Gasteiger charge is 2.28. The van der Waals surface area contributed by atoms with Gasteiger partial charge in [-0.1, -0.05) is 11.6 Å². The van der Waals surface area contributed by atoms with Crippen LogP contribution in [-0.2, 0) is 11.3 Å². The van der Waals surface area contributed by atoms with Crippen molar-refractivity contribution in [2.24, 2.45) is 5.92 Å². The zero-order valence-electron chi connectivity index (χ0n) is 11.5. The molecule has 0 aliphatic carbocycles. The highest BCUT2D eigenvalue weighted by atomic mass is 35.5. The van der Waals surface area contributed by atoms with Crippen molar-refractivity contribution in [3.8, 4) is 0 Å². The van der Waals surface area contributed by atoms with Crippen LogP contribution in [-0.4, -0.2) is 53.6 Å². The lowest BCUT2D eigenvalue weighted by Gasteiger charge is -2.27. The Labute approximate surface area is 119 Å². The maximum absolute atomic E-state index is 10.5. The Morgan fingerprint density at radius 3 is 2.84 bits per heavy atom. The number of nitrogens with zero attached hydrogens (tertiary/aromatic N) is 3. The maximum Gasteiger partial charge on any atom is 0.100 e. The van der Waals surface area contributed by atoms with Crippen LogP contribution < -0.4 is 0 Å². The Bertz CT molecular complexity index is 403. The van der Waals surface area contributed by atoms with Crippen LogP contribution in [0.25, 0.3) is 0 Å². The van der Waals surface area contributed by atoms with Gasteiger partial charge in [0.25, 0.3) is 0 Å². The lowest BCUT2D eigenvalue weighted by Crippen LogP contribution is -2.26. The molecule has 6 heteroatoms. The van der Waals surface area contributed by atoms with Crippen LogP contribution >= 0.6 is 11.6 Å². The fourth-order valence-electron chi connectivity index (χ4n) is 2.39. The number of ether oxygens (including phenoxy) is 1. The first kappa shape index (κ1) is 14.8.